The lowest BCUT2D eigenvalue weighted by atomic mass is 10.2. The minimum atomic E-state index is -0.142. The van der Waals surface area contributed by atoms with Crippen molar-refractivity contribution < 1.29 is 9.53 Å². The molecule has 1 N–H and O–H groups in total. The predicted molar refractivity (Wildman–Crippen MR) is 89.5 cm³/mol. The van der Waals surface area contributed by atoms with Crippen LogP contribution in [0.1, 0.15) is 11.1 Å². The average Bonchev–Trinajstić information content (AvgIpc) is 2.51. The van der Waals surface area contributed by atoms with Gasteiger partial charge in [-0.15, -0.1) is 0 Å². The molecule has 0 unspecified atom stereocenters. The Hall–Kier alpha value is -2.49. The van der Waals surface area contributed by atoms with Crippen molar-refractivity contribution in [1.82, 2.24) is 4.90 Å². The molecule has 0 saturated heterocycles. The number of aryl methyl sites for hydroxylation is 2. The van der Waals surface area contributed by atoms with Crippen molar-refractivity contribution >= 4 is 11.7 Å². The van der Waals surface area contributed by atoms with E-state index >= 15 is 0 Å². The van der Waals surface area contributed by atoms with Crippen molar-refractivity contribution in [3.05, 3.63) is 59.7 Å². The number of urea groups is 1. The van der Waals surface area contributed by atoms with Gasteiger partial charge in [-0.1, -0.05) is 35.4 Å². The highest BCUT2D eigenvalue weighted by Gasteiger charge is 2.08. The Morgan fingerprint density at radius 3 is 2.14 bits per heavy atom. The number of hydrogen-bond donors (Lipinski definition) is 1. The molecular weight excluding hydrogens is 276 g/mol. The number of anilines is 1. The van der Waals surface area contributed by atoms with Gasteiger partial charge >= 0.3 is 6.03 Å². The van der Waals surface area contributed by atoms with Crippen molar-refractivity contribution in [2.24, 2.45) is 0 Å². The van der Waals surface area contributed by atoms with Gasteiger partial charge in [0.05, 0.1) is 6.54 Å². The zero-order valence-electron chi connectivity index (χ0n) is 13.3. The second-order valence-corrected chi connectivity index (χ2v) is 5.38. The third-order valence-electron chi connectivity index (χ3n) is 3.37. The summed E-state index contributed by atoms with van der Waals surface area (Å²) in [7, 11) is 1.75. The number of benzene rings is 2. The molecule has 4 heteroatoms. The maximum atomic E-state index is 12.0. The molecule has 2 rings (SSSR count). The lowest BCUT2D eigenvalue weighted by Gasteiger charge is -2.18. The molecule has 2 aromatic carbocycles. The van der Waals surface area contributed by atoms with E-state index in [4.69, 9.17) is 4.74 Å². The van der Waals surface area contributed by atoms with E-state index in [1.807, 2.05) is 62.4 Å². The van der Waals surface area contributed by atoms with Crippen molar-refractivity contribution in [3.8, 4) is 5.75 Å². The molecule has 0 aromatic heterocycles. The molecule has 4 nitrogen and oxygen atoms in total. The number of nitrogens with one attached hydrogen (secondary N) is 1. The van der Waals surface area contributed by atoms with Gasteiger partial charge in [-0.2, -0.15) is 0 Å². The normalized spacial score (nSPS) is 10.1. The van der Waals surface area contributed by atoms with E-state index in [1.54, 1.807) is 11.9 Å². The summed E-state index contributed by atoms with van der Waals surface area (Å²) >= 11 is 0. The number of ether oxygens (including phenoxy) is 1. The van der Waals surface area contributed by atoms with E-state index in [2.05, 4.69) is 5.32 Å². The fourth-order valence-corrected chi connectivity index (χ4v) is 1.89. The Labute approximate surface area is 131 Å². The Balaban J connectivity index is 1.76. The molecule has 0 spiro atoms. The first-order valence-electron chi connectivity index (χ1n) is 7.33. The predicted octanol–water partition coefficient (Wildman–Crippen LogP) is 3.85. The van der Waals surface area contributed by atoms with Gasteiger partial charge in [0.2, 0.25) is 0 Å². The first-order valence-corrected chi connectivity index (χ1v) is 7.33. The van der Waals surface area contributed by atoms with E-state index in [0.29, 0.717) is 13.2 Å². The van der Waals surface area contributed by atoms with E-state index in [-0.39, 0.29) is 6.03 Å². The number of amides is 2. The Bertz CT molecular complexity index is 606. The number of carbonyl (C=O) groups is 1. The quantitative estimate of drug-likeness (QED) is 0.911. The summed E-state index contributed by atoms with van der Waals surface area (Å²) in [5.74, 6) is 0.818. The highest BCUT2D eigenvalue weighted by molar-refractivity contribution is 5.89. The lowest BCUT2D eigenvalue weighted by molar-refractivity contribution is 0.207. The molecule has 0 atom stereocenters. The van der Waals surface area contributed by atoms with E-state index in [1.165, 1.54) is 5.56 Å². The van der Waals surface area contributed by atoms with Crippen molar-refractivity contribution in [3.63, 3.8) is 0 Å². The summed E-state index contributed by atoms with van der Waals surface area (Å²) in [5, 5.41) is 2.86. The molecule has 0 aliphatic heterocycles. The summed E-state index contributed by atoms with van der Waals surface area (Å²) in [6, 6.07) is 15.5. The molecule has 0 bridgehead atoms. The Kier molecular flexibility index (Phi) is 5.42. The first-order chi connectivity index (χ1) is 10.5. The van der Waals surface area contributed by atoms with Gasteiger partial charge in [-0.25, -0.2) is 4.79 Å². The highest BCUT2D eigenvalue weighted by Crippen LogP contribution is 2.12. The minimum absolute atomic E-state index is 0.142. The molecule has 0 saturated carbocycles. The van der Waals surface area contributed by atoms with Crippen molar-refractivity contribution in [1.29, 1.82) is 0 Å². The lowest BCUT2D eigenvalue weighted by Crippen LogP contribution is -2.34. The van der Waals surface area contributed by atoms with Crippen molar-refractivity contribution in [2.75, 3.05) is 25.5 Å². The summed E-state index contributed by atoms with van der Waals surface area (Å²) in [6.07, 6.45) is 0. The van der Waals surface area contributed by atoms with Crippen LogP contribution >= 0.6 is 0 Å². The summed E-state index contributed by atoms with van der Waals surface area (Å²) < 4.78 is 5.63. The minimum Gasteiger partial charge on any atom is -0.492 e. The maximum absolute atomic E-state index is 12.0. The Morgan fingerprint density at radius 1 is 1.00 bits per heavy atom. The molecule has 0 aliphatic carbocycles. The van der Waals surface area contributed by atoms with Gasteiger partial charge in [0.1, 0.15) is 12.4 Å². The van der Waals surface area contributed by atoms with E-state index in [9.17, 15) is 4.79 Å². The molecule has 22 heavy (non-hydrogen) atoms. The monoisotopic (exact) mass is 298 g/mol. The summed E-state index contributed by atoms with van der Waals surface area (Å²) in [6.45, 7) is 5.03. The molecule has 0 heterocycles. The number of nitrogens with zero attached hydrogens (tertiary/aromatic N) is 1. The van der Waals surface area contributed by atoms with Crippen LogP contribution in [0.3, 0.4) is 0 Å². The fraction of sp³-hybridized carbons (Fsp3) is 0.278. The SMILES string of the molecule is Cc1ccc(NC(=O)N(C)CCOc2ccc(C)cc2)cc1. The number of rotatable bonds is 5. The van der Waals surface area contributed by atoms with E-state index in [0.717, 1.165) is 17.0 Å². The zero-order valence-corrected chi connectivity index (χ0v) is 13.3. The second kappa shape index (κ2) is 7.50. The van der Waals surface area contributed by atoms with Crippen LogP contribution in [0.4, 0.5) is 10.5 Å². The molecule has 2 amide bonds. The van der Waals surface area contributed by atoms with Crippen LogP contribution in [0.5, 0.6) is 5.75 Å². The standard InChI is InChI=1S/C18H22N2O2/c1-14-4-8-16(9-5-14)19-18(21)20(3)12-13-22-17-10-6-15(2)7-11-17/h4-11H,12-13H2,1-3H3,(H,19,21). The summed E-state index contributed by atoms with van der Waals surface area (Å²) in [5.41, 5.74) is 3.15. The molecule has 116 valence electrons. The van der Waals surface area contributed by atoms with Crippen molar-refractivity contribution in [2.45, 2.75) is 13.8 Å². The maximum Gasteiger partial charge on any atom is 0.321 e. The third-order valence-corrected chi connectivity index (χ3v) is 3.37. The van der Waals surface area contributed by atoms with Gasteiger partial charge < -0.3 is 15.0 Å². The van der Waals surface area contributed by atoms with Crippen LogP contribution < -0.4 is 10.1 Å². The van der Waals surface area contributed by atoms with Gasteiger partial charge in [-0.3, -0.25) is 0 Å². The van der Waals surface area contributed by atoms with Crippen LogP contribution in [0.25, 0.3) is 0 Å². The van der Waals surface area contributed by atoms with Crippen LogP contribution in [-0.2, 0) is 0 Å². The topological polar surface area (TPSA) is 41.6 Å². The largest absolute Gasteiger partial charge is 0.492 e. The smallest absolute Gasteiger partial charge is 0.321 e. The zero-order chi connectivity index (χ0) is 15.9. The Morgan fingerprint density at radius 2 is 1.55 bits per heavy atom. The van der Waals surface area contributed by atoms with Gasteiger partial charge in [0, 0.05) is 12.7 Å². The van der Waals surface area contributed by atoms with Crippen LogP contribution in [0.2, 0.25) is 0 Å². The van der Waals surface area contributed by atoms with Gasteiger partial charge in [0.15, 0.2) is 0 Å². The number of hydrogen-bond acceptors (Lipinski definition) is 2. The molecular formula is C18H22N2O2. The van der Waals surface area contributed by atoms with E-state index < -0.39 is 0 Å². The molecule has 0 radical (unpaired) electrons. The molecule has 0 fully saturated rings. The molecule has 2 aromatic rings. The van der Waals surface area contributed by atoms with Crippen LogP contribution in [0.15, 0.2) is 48.5 Å². The molecule has 0 aliphatic rings. The van der Waals surface area contributed by atoms with Gasteiger partial charge in [-0.05, 0) is 38.1 Å². The van der Waals surface area contributed by atoms with Crippen LogP contribution in [0, 0.1) is 13.8 Å². The summed E-state index contributed by atoms with van der Waals surface area (Å²) in [4.78, 5) is 13.6. The number of carbonyl (C=O) groups excluding carboxylic acids is 1. The highest BCUT2D eigenvalue weighted by atomic mass is 16.5. The fourth-order valence-electron chi connectivity index (χ4n) is 1.89. The number of likely N-dealkylation sites (N-methyl/N-ethyl adjacent to an activating group) is 1. The van der Waals surface area contributed by atoms with Gasteiger partial charge in [0.25, 0.3) is 0 Å². The van der Waals surface area contributed by atoms with Crippen LogP contribution in [-0.4, -0.2) is 31.1 Å². The second-order valence-electron chi connectivity index (χ2n) is 5.38. The third kappa shape index (κ3) is 4.81. The average molecular weight is 298 g/mol. The first kappa shape index (κ1) is 15.9.